The number of benzene rings is 1. The first kappa shape index (κ1) is 10.4. The lowest BCUT2D eigenvalue weighted by atomic mass is 10.1. The van der Waals surface area contributed by atoms with Crippen LogP contribution in [0.3, 0.4) is 0 Å². The van der Waals surface area contributed by atoms with Crippen molar-refractivity contribution in [2.45, 2.75) is 12.8 Å². The number of carbonyl (C=O) groups is 2. The zero-order valence-electron chi connectivity index (χ0n) is 7.85. The lowest BCUT2D eigenvalue weighted by Crippen LogP contribution is -1.91. The Balaban J connectivity index is 2.48. The number of rotatable bonds is 5. The van der Waals surface area contributed by atoms with Gasteiger partial charge in [0.15, 0.2) is 5.78 Å². The number of allylic oxidation sites excluding steroid dienone is 1. The highest BCUT2D eigenvalue weighted by molar-refractivity contribution is 5.94. The first-order valence-corrected chi connectivity index (χ1v) is 4.52. The van der Waals surface area contributed by atoms with Gasteiger partial charge in [-0.3, -0.25) is 4.79 Å². The number of carbonyl (C=O) groups excluding carboxylic acids is 2. The molecule has 2 heteroatoms. The van der Waals surface area contributed by atoms with Gasteiger partial charge in [-0.25, -0.2) is 0 Å². The van der Waals surface area contributed by atoms with Crippen LogP contribution in [0.4, 0.5) is 0 Å². The Morgan fingerprint density at radius 3 is 2.57 bits per heavy atom. The van der Waals surface area contributed by atoms with E-state index >= 15 is 0 Å². The van der Waals surface area contributed by atoms with Crippen molar-refractivity contribution in [3.05, 3.63) is 42.0 Å². The highest BCUT2D eigenvalue weighted by Gasteiger charge is 1.94. The average Bonchev–Trinajstić information content (AvgIpc) is 2.25. The first-order chi connectivity index (χ1) is 6.83. The lowest BCUT2D eigenvalue weighted by Gasteiger charge is -1.91. The van der Waals surface area contributed by atoms with Crippen LogP contribution in [0.25, 0.3) is 6.08 Å². The molecule has 72 valence electrons. The van der Waals surface area contributed by atoms with Crippen LogP contribution in [-0.2, 0) is 9.59 Å². The quantitative estimate of drug-likeness (QED) is 0.524. The van der Waals surface area contributed by atoms with Crippen LogP contribution >= 0.6 is 0 Å². The molecule has 0 aliphatic rings. The summed E-state index contributed by atoms with van der Waals surface area (Å²) in [5.74, 6) is -0.0130. The molecule has 1 aromatic rings. The van der Waals surface area contributed by atoms with Gasteiger partial charge in [0.25, 0.3) is 0 Å². The molecule has 1 aromatic carbocycles. The van der Waals surface area contributed by atoms with Crippen molar-refractivity contribution in [1.29, 1.82) is 0 Å². The zero-order chi connectivity index (χ0) is 10.2. The number of hydrogen-bond donors (Lipinski definition) is 0. The Hall–Kier alpha value is -1.70. The van der Waals surface area contributed by atoms with Gasteiger partial charge in [0.2, 0.25) is 0 Å². The van der Waals surface area contributed by atoms with Gasteiger partial charge in [0.1, 0.15) is 6.29 Å². The Morgan fingerprint density at radius 1 is 1.21 bits per heavy atom. The third kappa shape index (κ3) is 3.81. The van der Waals surface area contributed by atoms with E-state index in [4.69, 9.17) is 0 Å². The summed E-state index contributed by atoms with van der Waals surface area (Å²) in [5.41, 5.74) is 0.993. The maximum absolute atomic E-state index is 11.1. The van der Waals surface area contributed by atoms with Gasteiger partial charge in [-0.2, -0.15) is 0 Å². The molecule has 2 nitrogen and oxygen atoms in total. The molecule has 0 fully saturated rings. The minimum absolute atomic E-state index is 0.0130. The van der Waals surface area contributed by atoms with Crippen molar-refractivity contribution in [1.82, 2.24) is 0 Å². The molecule has 0 unspecified atom stereocenters. The summed E-state index contributed by atoms with van der Waals surface area (Å²) in [6.45, 7) is 0. The molecule has 0 aliphatic carbocycles. The van der Waals surface area contributed by atoms with E-state index in [2.05, 4.69) is 0 Å². The summed E-state index contributed by atoms with van der Waals surface area (Å²) in [5, 5.41) is 0. The number of ketones is 1. The van der Waals surface area contributed by atoms with Crippen LogP contribution < -0.4 is 0 Å². The summed E-state index contributed by atoms with van der Waals surface area (Å²) >= 11 is 0. The van der Waals surface area contributed by atoms with Gasteiger partial charge in [-0.15, -0.1) is 0 Å². The molecule has 1 rings (SSSR count). The van der Waals surface area contributed by atoms with Crippen LogP contribution in [0.15, 0.2) is 36.4 Å². The first-order valence-electron chi connectivity index (χ1n) is 4.52. The van der Waals surface area contributed by atoms with Crippen molar-refractivity contribution in [3.8, 4) is 0 Å². The maximum Gasteiger partial charge on any atom is 0.156 e. The van der Waals surface area contributed by atoms with E-state index in [-0.39, 0.29) is 5.78 Å². The monoisotopic (exact) mass is 188 g/mol. The Morgan fingerprint density at radius 2 is 1.93 bits per heavy atom. The molecule has 0 N–H and O–H groups in total. The van der Waals surface area contributed by atoms with Crippen molar-refractivity contribution >= 4 is 18.1 Å². The standard InChI is InChI=1S/C12H12O2/c13-10-4-7-12(14)9-8-11-5-2-1-3-6-11/h1-3,5-6,8-10H,4,7H2. The lowest BCUT2D eigenvalue weighted by molar-refractivity contribution is -0.116. The van der Waals surface area contributed by atoms with Crippen LogP contribution in [0.1, 0.15) is 18.4 Å². The summed E-state index contributed by atoms with van der Waals surface area (Å²) < 4.78 is 0. The van der Waals surface area contributed by atoms with Crippen LogP contribution in [0.5, 0.6) is 0 Å². The molecule has 0 heterocycles. The second kappa shape index (κ2) is 5.86. The molecular weight excluding hydrogens is 176 g/mol. The van der Waals surface area contributed by atoms with Gasteiger partial charge in [0.05, 0.1) is 0 Å². The van der Waals surface area contributed by atoms with E-state index in [1.165, 1.54) is 6.08 Å². The topological polar surface area (TPSA) is 34.1 Å². The molecule has 0 bridgehead atoms. The van der Waals surface area contributed by atoms with Crippen LogP contribution in [-0.4, -0.2) is 12.1 Å². The minimum Gasteiger partial charge on any atom is -0.303 e. The van der Waals surface area contributed by atoms with Gasteiger partial charge in [-0.05, 0) is 11.6 Å². The van der Waals surface area contributed by atoms with E-state index < -0.39 is 0 Å². The molecule has 0 aromatic heterocycles. The third-order valence-corrected chi connectivity index (χ3v) is 1.77. The molecule has 0 atom stereocenters. The summed E-state index contributed by atoms with van der Waals surface area (Å²) in [6, 6.07) is 9.59. The fourth-order valence-corrected chi connectivity index (χ4v) is 1.04. The maximum atomic E-state index is 11.1. The Bertz CT molecular complexity index is 325. The minimum atomic E-state index is -0.0130. The van der Waals surface area contributed by atoms with E-state index in [9.17, 15) is 9.59 Å². The van der Waals surface area contributed by atoms with E-state index in [0.717, 1.165) is 11.8 Å². The SMILES string of the molecule is O=CCCC(=O)C=Cc1ccccc1. The molecule has 0 aliphatic heterocycles. The second-order valence-electron chi connectivity index (χ2n) is 2.92. The Kier molecular flexibility index (Phi) is 4.35. The summed E-state index contributed by atoms with van der Waals surface area (Å²) in [6.07, 6.45) is 4.63. The summed E-state index contributed by atoms with van der Waals surface area (Å²) in [7, 11) is 0. The van der Waals surface area contributed by atoms with Gasteiger partial charge < -0.3 is 4.79 Å². The van der Waals surface area contributed by atoms with Gasteiger partial charge >= 0.3 is 0 Å². The summed E-state index contributed by atoms with van der Waals surface area (Å²) in [4.78, 5) is 21.1. The van der Waals surface area contributed by atoms with Gasteiger partial charge in [0, 0.05) is 12.8 Å². The van der Waals surface area contributed by atoms with Crippen molar-refractivity contribution in [2.75, 3.05) is 0 Å². The van der Waals surface area contributed by atoms with E-state index in [1.807, 2.05) is 30.3 Å². The molecule has 0 radical (unpaired) electrons. The normalized spacial score (nSPS) is 10.3. The molecule has 0 saturated heterocycles. The molecule has 0 saturated carbocycles. The highest BCUT2D eigenvalue weighted by Crippen LogP contribution is 2.01. The van der Waals surface area contributed by atoms with Crippen LogP contribution in [0.2, 0.25) is 0 Å². The number of aldehydes is 1. The van der Waals surface area contributed by atoms with Gasteiger partial charge in [-0.1, -0.05) is 36.4 Å². The Labute approximate surface area is 83.3 Å². The predicted octanol–water partition coefficient (Wildman–Crippen LogP) is 2.25. The predicted molar refractivity (Wildman–Crippen MR) is 55.8 cm³/mol. The fraction of sp³-hybridized carbons (Fsp3) is 0.167. The largest absolute Gasteiger partial charge is 0.303 e. The molecule has 0 spiro atoms. The van der Waals surface area contributed by atoms with Crippen molar-refractivity contribution < 1.29 is 9.59 Å². The third-order valence-electron chi connectivity index (χ3n) is 1.77. The van der Waals surface area contributed by atoms with Crippen molar-refractivity contribution in [3.63, 3.8) is 0 Å². The molecular formula is C12H12O2. The average molecular weight is 188 g/mol. The van der Waals surface area contributed by atoms with E-state index in [1.54, 1.807) is 6.08 Å². The van der Waals surface area contributed by atoms with E-state index in [0.29, 0.717) is 12.8 Å². The van der Waals surface area contributed by atoms with Crippen molar-refractivity contribution in [2.24, 2.45) is 0 Å². The zero-order valence-corrected chi connectivity index (χ0v) is 7.85. The smallest absolute Gasteiger partial charge is 0.156 e. The fourth-order valence-electron chi connectivity index (χ4n) is 1.04. The molecule has 0 amide bonds. The second-order valence-corrected chi connectivity index (χ2v) is 2.92. The van der Waals surface area contributed by atoms with Crippen LogP contribution in [0, 0.1) is 0 Å². The number of hydrogen-bond acceptors (Lipinski definition) is 2. The molecule has 14 heavy (non-hydrogen) atoms. The highest BCUT2D eigenvalue weighted by atomic mass is 16.1.